The Bertz CT molecular complexity index is 832. The third-order valence-corrected chi connectivity index (χ3v) is 3.65. The molecule has 0 aliphatic heterocycles. The molecule has 4 nitrogen and oxygen atoms in total. The molecule has 2 aromatic rings. The Hall–Kier alpha value is -2.49. The standard InChI is InChI=1S/C15H9ClF6N2O2/c1-26-13(25)12-11(16)9(23)5-10(24-12)6-2-7(14(17,18)19)4-8(3-6)15(20,21)22/h2-5H,1H3,(H2,23,24). The lowest BCUT2D eigenvalue weighted by atomic mass is 10.0. The number of halogens is 7. The summed E-state index contributed by atoms with van der Waals surface area (Å²) in [6, 6.07) is 1.87. The van der Waals surface area contributed by atoms with Gasteiger partial charge in [0, 0.05) is 5.56 Å². The Morgan fingerprint density at radius 2 is 1.54 bits per heavy atom. The summed E-state index contributed by atoms with van der Waals surface area (Å²) < 4.78 is 82.1. The summed E-state index contributed by atoms with van der Waals surface area (Å²) >= 11 is 5.79. The molecule has 11 heteroatoms. The zero-order valence-electron chi connectivity index (χ0n) is 12.8. The molecule has 0 atom stereocenters. The fourth-order valence-corrected chi connectivity index (χ4v) is 2.21. The quantitative estimate of drug-likeness (QED) is 0.582. The molecule has 2 rings (SSSR count). The molecule has 0 saturated carbocycles. The molecule has 0 aliphatic carbocycles. The maximum absolute atomic E-state index is 12.9. The average molecular weight is 399 g/mol. The van der Waals surface area contributed by atoms with E-state index in [-0.39, 0.29) is 16.8 Å². The van der Waals surface area contributed by atoms with Gasteiger partial charge < -0.3 is 10.5 Å². The lowest BCUT2D eigenvalue weighted by Crippen LogP contribution is -2.12. The Labute approximate surface area is 147 Å². The molecule has 2 N–H and O–H groups in total. The minimum Gasteiger partial charge on any atom is -0.464 e. The number of anilines is 1. The Morgan fingerprint density at radius 3 is 1.96 bits per heavy atom. The van der Waals surface area contributed by atoms with E-state index >= 15 is 0 Å². The number of esters is 1. The van der Waals surface area contributed by atoms with Crippen LogP contribution < -0.4 is 5.73 Å². The number of nitrogen functional groups attached to an aromatic ring is 1. The van der Waals surface area contributed by atoms with Crippen LogP contribution in [-0.4, -0.2) is 18.1 Å². The number of benzene rings is 1. The maximum atomic E-state index is 12.9. The van der Waals surface area contributed by atoms with E-state index in [0.717, 1.165) is 13.2 Å². The van der Waals surface area contributed by atoms with Crippen molar-refractivity contribution in [2.45, 2.75) is 12.4 Å². The van der Waals surface area contributed by atoms with Crippen LogP contribution in [0.3, 0.4) is 0 Å². The van der Waals surface area contributed by atoms with E-state index in [4.69, 9.17) is 17.3 Å². The monoisotopic (exact) mass is 398 g/mol. The number of ether oxygens (including phenoxy) is 1. The Morgan fingerprint density at radius 1 is 1.04 bits per heavy atom. The predicted octanol–water partition coefficient (Wildman–Crippen LogP) is 4.81. The van der Waals surface area contributed by atoms with Crippen molar-refractivity contribution >= 4 is 23.3 Å². The topological polar surface area (TPSA) is 65.2 Å². The van der Waals surface area contributed by atoms with Gasteiger partial charge in [-0.15, -0.1) is 0 Å². The van der Waals surface area contributed by atoms with Gasteiger partial charge in [-0.05, 0) is 24.3 Å². The zero-order chi connectivity index (χ0) is 19.9. The van der Waals surface area contributed by atoms with Crippen molar-refractivity contribution in [2.24, 2.45) is 0 Å². The molecule has 0 aliphatic rings. The van der Waals surface area contributed by atoms with Gasteiger partial charge in [0.25, 0.3) is 0 Å². The van der Waals surface area contributed by atoms with Crippen LogP contribution in [0.2, 0.25) is 5.02 Å². The number of alkyl halides is 6. The Balaban J connectivity index is 2.76. The summed E-state index contributed by atoms with van der Waals surface area (Å²) in [5.41, 5.74) is 0.781. The molecular formula is C15H9ClF6N2O2. The van der Waals surface area contributed by atoms with Crippen LogP contribution in [0.5, 0.6) is 0 Å². The van der Waals surface area contributed by atoms with Gasteiger partial charge in [0.2, 0.25) is 0 Å². The van der Waals surface area contributed by atoms with Crippen LogP contribution in [-0.2, 0) is 17.1 Å². The van der Waals surface area contributed by atoms with E-state index in [2.05, 4.69) is 9.72 Å². The highest BCUT2D eigenvalue weighted by atomic mass is 35.5. The predicted molar refractivity (Wildman–Crippen MR) is 80.4 cm³/mol. The molecule has 1 aromatic carbocycles. The van der Waals surface area contributed by atoms with Gasteiger partial charge in [0.15, 0.2) is 5.69 Å². The van der Waals surface area contributed by atoms with Crippen molar-refractivity contribution in [3.63, 3.8) is 0 Å². The van der Waals surface area contributed by atoms with Crippen molar-refractivity contribution in [3.8, 4) is 11.3 Å². The first-order valence-electron chi connectivity index (χ1n) is 6.68. The summed E-state index contributed by atoms with van der Waals surface area (Å²) in [5.74, 6) is -1.05. The summed E-state index contributed by atoms with van der Waals surface area (Å²) in [4.78, 5) is 15.3. The van der Waals surface area contributed by atoms with Crippen molar-refractivity contribution in [1.29, 1.82) is 0 Å². The van der Waals surface area contributed by atoms with Crippen LogP contribution in [0, 0.1) is 0 Å². The van der Waals surface area contributed by atoms with Gasteiger partial charge in [-0.2, -0.15) is 26.3 Å². The third-order valence-electron chi connectivity index (χ3n) is 3.25. The molecule has 1 heterocycles. The number of nitrogens with two attached hydrogens (primary N) is 1. The van der Waals surface area contributed by atoms with Crippen LogP contribution in [0.25, 0.3) is 11.3 Å². The first-order chi connectivity index (χ1) is 11.8. The van der Waals surface area contributed by atoms with E-state index in [1.165, 1.54) is 0 Å². The lowest BCUT2D eigenvalue weighted by Gasteiger charge is -2.15. The molecule has 0 fully saturated rings. The number of hydrogen-bond donors (Lipinski definition) is 1. The normalized spacial score (nSPS) is 12.2. The largest absolute Gasteiger partial charge is 0.464 e. The van der Waals surface area contributed by atoms with Crippen LogP contribution in [0.1, 0.15) is 21.6 Å². The fraction of sp³-hybridized carbons (Fsp3) is 0.200. The number of carbonyl (C=O) groups is 1. The molecule has 0 spiro atoms. The number of pyridine rings is 1. The van der Waals surface area contributed by atoms with E-state index in [1.54, 1.807) is 0 Å². The zero-order valence-corrected chi connectivity index (χ0v) is 13.6. The van der Waals surface area contributed by atoms with Gasteiger partial charge >= 0.3 is 18.3 Å². The first kappa shape index (κ1) is 19.8. The Kier molecular flexibility index (Phi) is 5.09. The molecular weight excluding hydrogens is 390 g/mol. The van der Waals surface area contributed by atoms with E-state index in [1.807, 2.05) is 0 Å². The third kappa shape index (κ3) is 4.01. The van der Waals surface area contributed by atoms with E-state index in [0.29, 0.717) is 12.1 Å². The minimum atomic E-state index is -5.03. The second-order valence-corrected chi connectivity index (χ2v) is 5.42. The van der Waals surface area contributed by atoms with E-state index in [9.17, 15) is 31.1 Å². The van der Waals surface area contributed by atoms with Crippen molar-refractivity contribution in [2.75, 3.05) is 12.8 Å². The van der Waals surface area contributed by atoms with Crippen LogP contribution in [0.4, 0.5) is 32.0 Å². The molecule has 0 amide bonds. The minimum absolute atomic E-state index is 0.0238. The molecule has 0 bridgehead atoms. The smallest absolute Gasteiger partial charge is 0.416 e. The molecule has 0 unspecified atom stereocenters. The molecule has 26 heavy (non-hydrogen) atoms. The lowest BCUT2D eigenvalue weighted by molar-refractivity contribution is -0.143. The maximum Gasteiger partial charge on any atom is 0.416 e. The molecule has 0 saturated heterocycles. The van der Waals surface area contributed by atoms with Crippen LogP contribution >= 0.6 is 11.6 Å². The van der Waals surface area contributed by atoms with Crippen molar-refractivity contribution < 1.29 is 35.9 Å². The summed E-state index contributed by atoms with van der Waals surface area (Å²) in [5, 5.41) is -0.330. The van der Waals surface area contributed by atoms with Gasteiger partial charge in [-0.25, -0.2) is 9.78 Å². The second-order valence-electron chi connectivity index (χ2n) is 5.05. The first-order valence-corrected chi connectivity index (χ1v) is 7.06. The van der Waals surface area contributed by atoms with Crippen molar-refractivity contribution in [1.82, 2.24) is 4.98 Å². The summed E-state index contributed by atoms with van der Waals surface area (Å²) in [6.07, 6.45) is -10.1. The number of methoxy groups -OCH3 is 1. The van der Waals surface area contributed by atoms with E-state index < -0.39 is 46.4 Å². The van der Waals surface area contributed by atoms with Gasteiger partial charge in [-0.1, -0.05) is 11.6 Å². The number of nitrogens with zero attached hydrogens (tertiary/aromatic N) is 1. The number of rotatable bonds is 2. The highest BCUT2D eigenvalue weighted by molar-refractivity contribution is 6.35. The SMILES string of the molecule is COC(=O)c1nc(-c2cc(C(F)(F)F)cc(C(F)(F)F)c2)cc(N)c1Cl. The number of aromatic nitrogens is 1. The second kappa shape index (κ2) is 6.67. The summed E-state index contributed by atoms with van der Waals surface area (Å²) in [6.45, 7) is 0. The highest BCUT2D eigenvalue weighted by Crippen LogP contribution is 2.39. The molecule has 140 valence electrons. The fourth-order valence-electron chi connectivity index (χ4n) is 2.03. The van der Waals surface area contributed by atoms with Gasteiger partial charge in [-0.3, -0.25) is 0 Å². The number of carbonyl (C=O) groups excluding carboxylic acids is 1. The van der Waals surface area contributed by atoms with Crippen molar-refractivity contribution in [3.05, 3.63) is 46.1 Å². The highest BCUT2D eigenvalue weighted by Gasteiger charge is 2.37. The van der Waals surface area contributed by atoms with Gasteiger partial charge in [0.05, 0.1) is 34.6 Å². The number of hydrogen-bond acceptors (Lipinski definition) is 4. The molecule has 1 aromatic heterocycles. The van der Waals surface area contributed by atoms with Gasteiger partial charge in [0.1, 0.15) is 0 Å². The average Bonchev–Trinajstić information content (AvgIpc) is 2.54. The molecule has 0 radical (unpaired) electrons. The summed E-state index contributed by atoms with van der Waals surface area (Å²) in [7, 11) is 0.995. The van der Waals surface area contributed by atoms with Crippen LogP contribution in [0.15, 0.2) is 24.3 Å².